The van der Waals surface area contributed by atoms with Gasteiger partial charge in [0.05, 0.1) is 0 Å². The van der Waals surface area contributed by atoms with E-state index in [0.29, 0.717) is 0 Å². The first-order valence-corrected chi connectivity index (χ1v) is 6.84. The summed E-state index contributed by atoms with van der Waals surface area (Å²) in [7, 11) is 0. The van der Waals surface area contributed by atoms with Crippen LogP contribution in [0.25, 0.3) is 0 Å². The molecule has 1 aliphatic rings. The number of piperidine rings is 1. The molecule has 0 radical (unpaired) electrons. The van der Waals surface area contributed by atoms with Gasteiger partial charge in [0.2, 0.25) is 0 Å². The summed E-state index contributed by atoms with van der Waals surface area (Å²) in [6.07, 6.45) is 7.97. The van der Waals surface area contributed by atoms with Gasteiger partial charge in [-0.3, -0.25) is 0 Å². The van der Waals surface area contributed by atoms with Crippen LogP contribution in [0.4, 0.5) is 0 Å². The van der Waals surface area contributed by atoms with Crippen molar-refractivity contribution in [2.75, 3.05) is 13.1 Å². The molecule has 0 saturated carbocycles. The van der Waals surface area contributed by atoms with Crippen LogP contribution in [-0.4, -0.2) is 46.5 Å². The van der Waals surface area contributed by atoms with Crippen LogP contribution in [0.5, 0.6) is 0 Å². The Bertz CT molecular complexity index is 266. The van der Waals surface area contributed by atoms with E-state index in [1.54, 1.807) is 0 Å². The van der Waals surface area contributed by atoms with Crippen molar-refractivity contribution in [3.8, 4) is 0 Å². The van der Waals surface area contributed by atoms with Crippen molar-refractivity contribution >= 4 is 26.1 Å². The van der Waals surface area contributed by atoms with E-state index in [4.69, 9.17) is 0 Å². The van der Waals surface area contributed by atoms with Gasteiger partial charge in [-0.15, -0.1) is 0 Å². The zero-order valence-corrected chi connectivity index (χ0v) is 12.2. The molecular weight excluding hydrogens is 355 g/mol. The molecule has 1 N–H and O–H groups in total. The Morgan fingerprint density at radius 2 is 2.31 bits per heavy atom. The monoisotopic (exact) mass is 369 g/mol. The number of rotatable bonds is 2. The summed E-state index contributed by atoms with van der Waals surface area (Å²) in [6, 6.07) is 0. The van der Waals surface area contributed by atoms with Crippen LogP contribution in [0.2, 0.25) is 0 Å². The molecule has 0 aromatic carbocycles. The molecule has 4 heteroatoms. The zero-order valence-electron chi connectivity index (χ0n) is 7.74. The first kappa shape index (κ1) is 9.64. The molecule has 1 aromatic heterocycles. The fourth-order valence-electron chi connectivity index (χ4n) is 1.87. The number of aromatic nitrogens is 2. The fourth-order valence-corrected chi connectivity index (χ4v) is 2.79. The molecule has 1 saturated heterocycles. The van der Waals surface area contributed by atoms with E-state index in [2.05, 4.69) is 18.9 Å². The first-order valence-electron chi connectivity index (χ1n) is 4.83. The van der Waals surface area contributed by atoms with Crippen molar-refractivity contribution < 1.29 is 0 Å². The summed E-state index contributed by atoms with van der Waals surface area (Å²) < 4.78 is 2.19. The maximum absolute atomic E-state index is 4.39. The predicted molar refractivity (Wildman–Crippen MR) is 52.7 cm³/mol. The van der Waals surface area contributed by atoms with E-state index in [1.807, 2.05) is 6.33 Å². The molecular formula is C9H14N3Tl. The van der Waals surface area contributed by atoms with Crippen LogP contribution in [0.3, 0.4) is 0 Å². The number of imidazole rings is 1. The third kappa shape index (κ3) is 2.77. The minimum atomic E-state index is 0.860. The topological polar surface area (TPSA) is 29.9 Å². The van der Waals surface area contributed by atoms with Gasteiger partial charge in [-0.05, 0) is 0 Å². The van der Waals surface area contributed by atoms with Crippen LogP contribution in [0, 0.1) is 5.92 Å². The van der Waals surface area contributed by atoms with E-state index < -0.39 is 0 Å². The summed E-state index contributed by atoms with van der Waals surface area (Å²) in [5.41, 5.74) is 1.29. The van der Waals surface area contributed by atoms with Gasteiger partial charge in [0.15, 0.2) is 0 Å². The van der Waals surface area contributed by atoms with E-state index in [1.165, 1.54) is 38.0 Å². The van der Waals surface area contributed by atoms with Gasteiger partial charge in [0.1, 0.15) is 0 Å². The molecule has 0 aliphatic carbocycles. The normalized spacial score (nSPS) is 19.0. The average molecular weight is 369 g/mol. The molecule has 68 valence electrons. The van der Waals surface area contributed by atoms with Gasteiger partial charge in [0, 0.05) is 0 Å². The molecule has 0 unspecified atom stereocenters. The third-order valence-corrected chi connectivity index (χ3v) is 3.71. The fraction of sp³-hybridized carbons (Fsp3) is 0.667. The van der Waals surface area contributed by atoms with E-state index in [0.717, 1.165) is 32.0 Å². The minimum absolute atomic E-state index is 0.860. The molecule has 13 heavy (non-hydrogen) atoms. The quantitative estimate of drug-likeness (QED) is 0.764. The molecule has 1 aliphatic heterocycles. The van der Waals surface area contributed by atoms with Crippen LogP contribution in [0.15, 0.2) is 12.5 Å². The zero-order chi connectivity index (χ0) is 9.10. The number of nitrogens with one attached hydrogen (secondary N) is 1. The summed E-state index contributed by atoms with van der Waals surface area (Å²) >= 11 is 0.860. The van der Waals surface area contributed by atoms with E-state index in [9.17, 15) is 0 Å². The molecule has 2 rings (SSSR count). The molecule has 0 amide bonds. The molecule has 1 fully saturated rings. The van der Waals surface area contributed by atoms with Gasteiger partial charge in [0.25, 0.3) is 0 Å². The van der Waals surface area contributed by atoms with Gasteiger partial charge < -0.3 is 0 Å². The standard InChI is InChI=1S/C9H14N3.Tl/c1-3-10-4-2-8(1)5-9-6-11-7-12-9;/h6-8,10H,1-5H2;/q-1;+1. The molecule has 1 aromatic rings. The van der Waals surface area contributed by atoms with Gasteiger partial charge in [-0.25, -0.2) is 0 Å². The number of nitrogens with zero attached hydrogens (tertiary/aromatic N) is 2. The van der Waals surface area contributed by atoms with Crippen molar-refractivity contribution in [3.63, 3.8) is 0 Å². The average Bonchev–Trinajstić information content (AvgIpc) is 2.53. The van der Waals surface area contributed by atoms with Crippen molar-refractivity contribution in [2.45, 2.75) is 19.3 Å². The van der Waals surface area contributed by atoms with Crippen LogP contribution >= 0.6 is 0 Å². The Balaban J connectivity index is 1.89. The summed E-state index contributed by atoms with van der Waals surface area (Å²) in [6.45, 7) is 2.38. The Morgan fingerprint density at radius 3 is 2.92 bits per heavy atom. The number of hydrogen-bond donors (Lipinski definition) is 1. The predicted octanol–water partition coefficient (Wildman–Crippen LogP) is 0.357. The molecule has 3 nitrogen and oxygen atoms in total. The van der Waals surface area contributed by atoms with Crippen molar-refractivity contribution in [2.24, 2.45) is 5.92 Å². The maximum atomic E-state index is 4.39. The molecule has 2 heterocycles. The Kier molecular flexibility index (Phi) is 3.37. The number of hydrogen-bond acceptors (Lipinski definition) is 2. The SMILES string of the molecule is [Tl][n]1cnc(CC2CCNCC2)c1. The second-order valence-electron chi connectivity index (χ2n) is 3.71. The third-order valence-electron chi connectivity index (χ3n) is 2.61. The van der Waals surface area contributed by atoms with Gasteiger partial charge >= 0.3 is 95.2 Å². The summed E-state index contributed by atoms with van der Waals surface area (Å²) in [4.78, 5) is 4.39. The Hall–Kier alpha value is 0.0921. The second kappa shape index (κ2) is 4.55. The summed E-state index contributed by atoms with van der Waals surface area (Å²) in [5.74, 6) is 0.862. The van der Waals surface area contributed by atoms with Crippen LogP contribution in [-0.2, 0) is 6.42 Å². The van der Waals surface area contributed by atoms with Gasteiger partial charge in [-0.1, -0.05) is 0 Å². The van der Waals surface area contributed by atoms with Crippen molar-refractivity contribution in [1.29, 1.82) is 0 Å². The Labute approximate surface area is 95.0 Å². The Morgan fingerprint density at radius 1 is 1.54 bits per heavy atom. The molecule has 0 spiro atoms. The first-order chi connectivity index (χ1) is 6.34. The summed E-state index contributed by atoms with van der Waals surface area (Å²) in [5, 5.41) is 3.39. The van der Waals surface area contributed by atoms with Crippen molar-refractivity contribution in [1.82, 2.24) is 12.7 Å². The molecule has 0 bridgehead atoms. The second-order valence-corrected chi connectivity index (χ2v) is 6.03. The van der Waals surface area contributed by atoms with Crippen LogP contribution in [0.1, 0.15) is 18.5 Å². The van der Waals surface area contributed by atoms with Crippen molar-refractivity contribution in [3.05, 3.63) is 18.2 Å². The van der Waals surface area contributed by atoms with Crippen LogP contribution < -0.4 is 5.32 Å². The molecule has 0 atom stereocenters. The van der Waals surface area contributed by atoms with E-state index in [-0.39, 0.29) is 0 Å². The van der Waals surface area contributed by atoms with Gasteiger partial charge in [-0.2, -0.15) is 0 Å². The van der Waals surface area contributed by atoms with E-state index >= 15 is 0 Å².